The van der Waals surface area contributed by atoms with Crippen molar-refractivity contribution >= 4 is 40.9 Å². The molecule has 1 N–H and O–H groups in total. The highest BCUT2D eigenvalue weighted by atomic mass is 35.5. The SMILES string of the molecule is CCN(C(=O)C1(NC(=O)OCC2c3ccccc3-c3ccccc32)COC1)c1ccc(-c2cc(Cl)cc(Cl)c2OCC(F)F)cc1F. The summed E-state index contributed by atoms with van der Waals surface area (Å²) in [4.78, 5) is 28.2. The summed E-state index contributed by atoms with van der Waals surface area (Å²) in [5, 5.41) is 2.85. The predicted octanol–water partition coefficient (Wildman–Crippen LogP) is 8.10. The molecular weight excluding hydrogens is 656 g/mol. The highest BCUT2D eigenvalue weighted by molar-refractivity contribution is 6.36. The summed E-state index contributed by atoms with van der Waals surface area (Å²) in [5.74, 6) is -1.62. The van der Waals surface area contributed by atoms with Crippen molar-refractivity contribution in [2.75, 3.05) is 37.9 Å². The minimum Gasteiger partial charge on any atom is -0.485 e. The maximum absolute atomic E-state index is 15.7. The molecule has 0 bridgehead atoms. The van der Waals surface area contributed by atoms with Crippen molar-refractivity contribution in [3.63, 3.8) is 0 Å². The number of carbonyl (C=O) groups is 2. The van der Waals surface area contributed by atoms with E-state index < -0.39 is 36.4 Å². The van der Waals surface area contributed by atoms with Crippen molar-refractivity contribution in [2.24, 2.45) is 0 Å². The lowest BCUT2D eigenvalue weighted by atomic mass is 9.94. The summed E-state index contributed by atoms with van der Waals surface area (Å²) in [7, 11) is 0. The van der Waals surface area contributed by atoms with Gasteiger partial charge in [-0.3, -0.25) is 4.79 Å². The number of hydrogen-bond donors (Lipinski definition) is 1. The third kappa shape index (κ3) is 6.37. The number of nitrogens with one attached hydrogen (secondary N) is 1. The van der Waals surface area contributed by atoms with Gasteiger partial charge in [-0.15, -0.1) is 0 Å². The van der Waals surface area contributed by atoms with E-state index in [4.69, 9.17) is 37.4 Å². The largest absolute Gasteiger partial charge is 0.485 e. The van der Waals surface area contributed by atoms with Gasteiger partial charge in [0, 0.05) is 23.0 Å². The number of carbonyl (C=O) groups excluding carboxylic acids is 2. The van der Waals surface area contributed by atoms with Gasteiger partial charge in [-0.1, -0.05) is 77.8 Å². The Hall–Kier alpha value is -4.25. The molecule has 0 spiro atoms. The highest BCUT2D eigenvalue weighted by Gasteiger charge is 2.50. The number of alkyl halides is 2. The van der Waals surface area contributed by atoms with Gasteiger partial charge in [0.2, 0.25) is 0 Å². The third-order valence-corrected chi connectivity index (χ3v) is 8.76. The maximum Gasteiger partial charge on any atom is 0.408 e. The number of alkyl carbamates (subject to hydrolysis) is 1. The molecule has 47 heavy (non-hydrogen) atoms. The van der Waals surface area contributed by atoms with E-state index >= 15 is 4.39 Å². The molecular formula is C35H29Cl2F3N2O5. The van der Waals surface area contributed by atoms with Crippen LogP contribution in [0.3, 0.4) is 0 Å². The summed E-state index contributed by atoms with van der Waals surface area (Å²) in [6.45, 7) is 0.604. The first kappa shape index (κ1) is 32.7. The van der Waals surface area contributed by atoms with Crippen molar-refractivity contribution in [1.82, 2.24) is 5.32 Å². The second-order valence-corrected chi connectivity index (χ2v) is 12.1. The monoisotopic (exact) mass is 684 g/mol. The van der Waals surface area contributed by atoms with Crippen molar-refractivity contribution in [1.29, 1.82) is 0 Å². The second kappa shape index (κ2) is 13.5. The smallest absolute Gasteiger partial charge is 0.408 e. The van der Waals surface area contributed by atoms with Crippen LogP contribution in [0.2, 0.25) is 10.0 Å². The molecule has 0 saturated carbocycles. The van der Waals surface area contributed by atoms with Crippen molar-refractivity contribution in [3.05, 3.63) is 106 Å². The first-order valence-electron chi connectivity index (χ1n) is 14.8. The summed E-state index contributed by atoms with van der Waals surface area (Å²) in [6, 6.07) is 22.6. The van der Waals surface area contributed by atoms with Gasteiger partial charge in [0.25, 0.3) is 12.3 Å². The van der Waals surface area contributed by atoms with E-state index in [1.54, 1.807) is 6.92 Å². The van der Waals surface area contributed by atoms with Gasteiger partial charge in [0.1, 0.15) is 24.8 Å². The minimum absolute atomic E-state index is 0.0192. The molecule has 2 aliphatic rings. The number of hydrogen-bond acceptors (Lipinski definition) is 5. The molecule has 1 heterocycles. The summed E-state index contributed by atoms with van der Waals surface area (Å²) in [6.07, 6.45) is -3.56. The van der Waals surface area contributed by atoms with Crippen LogP contribution in [0.25, 0.3) is 22.3 Å². The average Bonchev–Trinajstić information content (AvgIpc) is 3.35. The standard InChI is InChI=1S/C35H29Cl2F3N2O5/c1-2-42(30-12-11-20(13-29(30)38)26-14-21(36)15-28(37)32(26)46-17-31(39)40)33(43)35(18-45-19-35)41-34(44)47-16-27-24-9-5-3-7-22(24)23-8-4-6-10-25(23)27/h3-15,27,31H,2,16-19H2,1H3,(H,41,44). The van der Waals surface area contributed by atoms with Crippen LogP contribution in [0.4, 0.5) is 23.7 Å². The number of amides is 2. The summed E-state index contributed by atoms with van der Waals surface area (Å²) in [5.41, 5.74) is 3.15. The van der Waals surface area contributed by atoms with E-state index in [1.165, 1.54) is 29.2 Å². The number of nitrogens with zero attached hydrogens (tertiary/aromatic N) is 1. The quantitative estimate of drug-likeness (QED) is 0.183. The number of ether oxygens (including phenoxy) is 3. The number of halogens is 5. The lowest BCUT2D eigenvalue weighted by molar-refractivity contribution is -0.144. The van der Waals surface area contributed by atoms with Crippen molar-refractivity contribution < 1.29 is 37.0 Å². The van der Waals surface area contributed by atoms with Crippen LogP contribution < -0.4 is 15.0 Å². The van der Waals surface area contributed by atoms with Gasteiger partial charge >= 0.3 is 6.09 Å². The first-order valence-corrected chi connectivity index (χ1v) is 15.6. The van der Waals surface area contributed by atoms with E-state index in [1.807, 2.05) is 48.5 Å². The number of benzene rings is 4. The fraction of sp³-hybridized carbons (Fsp3) is 0.257. The zero-order chi connectivity index (χ0) is 33.3. The van der Waals surface area contributed by atoms with Crippen molar-refractivity contribution in [2.45, 2.75) is 24.8 Å². The third-order valence-electron chi connectivity index (χ3n) is 8.26. The Morgan fingerprint density at radius 1 is 0.979 bits per heavy atom. The Labute approximate surface area is 279 Å². The topological polar surface area (TPSA) is 77.1 Å². The molecule has 1 saturated heterocycles. The molecule has 0 atom stereocenters. The van der Waals surface area contributed by atoms with Crippen LogP contribution in [0.1, 0.15) is 24.0 Å². The minimum atomic E-state index is -2.76. The molecule has 4 aromatic rings. The molecule has 4 aromatic carbocycles. The molecule has 1 aliphatic heterocycles. The van der Waals surface area contributed by atoms with E-state index in [9.17, 15) is 18.4 Å². The fourth-order valence-electron chi connectivity index (χ4n) is 6.03. The van der Waals surface area contributed by atoms with E-state index in [0.29, 0.717) is 0 Å². The van der Waals surface area contributed by atoms with Gasteiger partial charge in [0.15, 0.2) is 5.54 Å². The Bertz CT molecular complexity index is 1790. The van der Waals surface area contributed by atoms with E-state index in [-0.39, 0.29) is 64.9 Å². The van der Waals surface area contributed by atoms with Crippen LogP contribution in [-0.2, 0) is 14.3 Å². The second-order valence-electron chi connectivity index (χ2n) is 11.2. The molecule has 0 radical (unpaired) electrons. The number of anilines is 1. The maximum atomic E-state index is 15.7. The molecule has 1 fully saturated rings. The Balaban J connectivity index is 1.19. The van der Waals surface area contributed by atoms with E-state index in [0.717, 1.165) is 28.3 Å². The van der Waals surface area contributed by atoms with Gasteiger partial charge in [-0.05, 0) is 59.0 Å². The summed E-state index contributed by atoms with van der Waals surface area (Å²) < 4.78 is 57.7. The first-order chi connectivity index (χ1) is 22.6. The van der Waals surface area contributed by atoms with Crippen LogP contribution in [0.15, 0.2) is 78.9 Å². The molecule has 6 rings (SSSR count). The fourth-order valence-corrected chi connectivity index (χ4v) is 6.58. The Morgan fingerprint density at radius 2 is 1.64 bits per heavy atom. The number of fused-ring (bicyclic) bond motifs is 3. The Morgan fingerprint density at radius 3 is 2.21 bits per heavy atom. The molecule has 0 unspecified atom stereocenters. The lowest BCUT2D eigenvalue weighted by Gasteiger charge is -2.42. The van der Waals surface area contributed by atoms with Crippen LogP contribution in [-0.4, -0.2) is 56.9 Å². The Kier molecular flexibility index (Phi) is 9.36. The molecule has 7 nitrogen and oxygen atoms in total. The van der Waals surface area contributed by atoms with Gasteiger partial charge in [0.05, 0.1) is 23.9 Å². The van der Waals surface area contributed by atoms with Gasteiger partial charge < -0.3 is 24.4 Å². The zero-order valence-corrected chi connectivity index (χ0v) is 26.6. The van der Waals surface area contributed by atoms with Crippen LogP contribution in [0, 0.1) is 5.82 Å². The number of rotatable bonds is 10. The molecule has 0 aromatic heterocycles. The van der Waals surface area contributed by atoms with E-state index in [2.05, 4.69) is 5.32 Å². The predicted molar refractivity (Wildman–Crippen MR) is 173 cm³/mol. The highest BCUT2D eigenvalue weighted by Crippen LogP contribution is 2.45. The average molecular weight is 686 g/mol. The molecule has 12 heteroatoms. The normalized spacial score (nSPS) is 14.6. The summed E-state index contributed by atoms with van der Waals surface area (Å²) >= 11 is 12.4. The molecule has 244 valence electrons. The van der Waals surface area contributed by atoms with Crippen LogP contribution >= 0.6 is 23.2 Å². The van der Waals surface area contributed by atoms with Crippen molar-refractivity contribution in [3.8, 4) is 28.0 Å². The zero-order valence-electron chi connectivity index (χ0n) is 25.1. The van der Waals surface area contributed by atoms with Crippen LogP contribution in [0.5, 0.6) is 5.75 Å². The van der Waals surface area contributed by atoms with Gasteiger partial charge in [-0.25, -0.2) is 18.0 Å². The lowest BCUT2D eigenvalue weighted by Crippen LogP contribution is -2.70. The van der Waals surface area contributed by atoms with Gasteiger partial charge in [-0.2, -0.15) is 0 Å². The molecule has 1 aliphatic carbocycles. The number of likely N-dealkylation sites (N-methyl/N-ethyl adjacent to an activating group) is 1. The molecule has 2 amide bonds.